The van der Waals surface area contributed by atoms with Crippen molar-refractivity contribution in [2.24, 2.45) is 5.84 Å². The topological polar surface area (TPSA) is 38.0 Å². The van der Waals surface area contributed by atoms with Crippen LogP contribution < -0.4 is 11.3 Å². The molecule has 0 heterocycles. The maximum atomic E-state index is 14.1. The molecule has 2 aromatic rings. The summed E-state index contributed by atoms with van der Waals surface area (Å²) < 4.78 is 28.0. The van der Waals surface area contributed by atoms with E-state index in [9.17, 15) is 8.78 Å². The molecule has 0 aliphatic rings. The first-order chi connectivity index (χ1) is 9.04. The van der Waals surface area contributed by atoms with E-state index in [4.69, 9.17) is 5.84 Å². The van der Waals surface area contributed by atoms with Gasteiger partial charge in [-0.1, -0.05) is 35.9 Å². The smallest absolute Gasteiger partial charge is 0.134 e. The van der Waals surface area contributed by atoms with Crippen LogP contribution in [-0.4, -0.2) is 0 Å². The van der Waals surface area contributed by atoms with Gasteiger partial charge in [0.05, 0.1) is 6.04 Å². The number of aryl methyl sites for hydroxylation is 2. The fraction of sp³-hybridized carbons (Fsp3) is 0.200. The van der Waals surface area contributed by atoms with E-state index in [1.165, 1.54) is 12.1 Å². The predicted molar refractivity (Wildman–Crippen MR) is 71.4 cm³/mol. The summed E-state index contributed by atoms with van der Waals surface area (Å²) >= 11 is 0. The zero-order chi connectivity index (χ0) is 14.0. The Hall–Kier alpha value is -1.78. The molecular formula is C15H16F2N2. The Morgan fingerprint density at radius 3 is 2.21 bits per heavy atom. The molecule has 0 saturated carbocycles. The third kappa shape index (κ3) is 2.64. The van der Waals surface area contributed by atoms with Crippen molar-refractivity contribution in [3.8, 4) is 0 Å². The van der Waals surface area contributed by atoms with Crippen LogP contribution in [0.5, 0.6) is 0 Å². The minimum Gasteiger partial charge on any atom is -0.271 e. The van der Waals surface area contributed by atoms with Crippen molar-refractivity contribution in [3.63, 3.8) is 0 Å². The number of hydrogen-bond acceptors (Lipinski definition) is 2. The minimum atomic E-state index is -0.708. The van der Waals surface area contributed by atoms with Gasteiger partial charge in [0.2, 0.25) is 0 Å². The van der Waals surface area contributed by atoms with Crippen LogP contribution in [0.3, 0.4) is 0 Å². The van der Waals surface area contributed by atoms with Crippen LogP contribution in [0.25, 0.3) is 0 Å². The van der Waals surface area contributed by atoms with Crippen molar-refractivity contribution in [3.05, 3.63) is 70.3 Å². The average molecular weight is 262 g/mol. The van der Waals surface area contributed by atoms with Gasteiger partial charge in [0.25, 0.3) is 0 Å². The molecule has 0 fully saturated rings. The van der Waals surface area contributed by atoms with Gasteiger partial charge in [-0.25, -0.2) is 14.2 Å². The molecule has 4 heteroatoms. The first-order valence-electron chi connectivity index (χ1n) is 6.01. The Kier molecular flexibility index (Phi) is 3.93. The summed E-state index contributed by atoms with van der Waals surface area (Å²) in [5, 5.41) is 0. The number of hydrogen-bond donors (Lipinski definition) is 2. The first kappa shape index (κ1) is 13.6. The molecule has 0 bridgehead atoms. The van der Waals surface area contributed by atoms with Crippen LogP contribution in [0.2, 0.25) is 0 Å². The van der Waals surface area contributed by atoms with E-state index in [0.29, 0.717) is 5.56 Å². The van der Waals surface area contributed by atoms with Crippen LogP contribution in [-0.2, 0) is 0 Å². The number of halogens is 2. The van der Waals surface area contributed by atoms with Crippen molar-refractivity contribution >= 4 is 0 Å². The molecule has 0 aromatic heterocycles. The van der Waals surface area contributed by atoms with Crippen LogP contribution in [0.1, 0.15) is 28.3 Å². The number of hydrazine groups is 1. The molecule has 0 aliphatic carbocycles. The highest BCUT2D eigenvalue weighted by atomic mass is 19.1. The van der Waals surface area contributed by atoms with Crippen molar-refractivity contribution in [1.82, 2.24) is 5.43 Å². The van der Waals surface area contributed by atoms with E-state index in [2.05, 4.69) is 5.43 Å². The zero-order valence-corrected chi connectivity index (χ0v) is 10.9. The van der Waals surface area contributed by atoms with Crippen molar-refractivity contribution in [2.75, 3.05) is 0 Å². The van der Waals surface area contributed by atoms with Gasteiger partial charge in [-0.05, 0) is 31.0 Å². The number of nitrogens with one attached hydrogen (secondary N) is 1. The second kappa shape index (κ2) is 5.47. The van der Waals surface area contributed by atoms with E-state index >= 15 is 0 Å². The zero-order valence-electron chi connectivity index (χ0n) is 10.9. The standard InChI is InChI=1S/C15H16F2N2/c1-9-3-6-11(7-4-9)15(19-18)13-12(16)8-5-10(2)14(13)17/h3-8,15,19H,18H2,1-2H3. The average Bonchev–Trinajstić information content (AvgIpc) is 2.40. The summed E-state index contributed by atoms with van der Waals surface area (Å²) in [5.74, 6) is 4.31. The van der Waals surface area contributed by atoms with Crippen LogP contribution >= 0.6 is 0 Å². The molecule has 100 valence electrons. The molecule has 2 nitrogen and oxygen atoms in total. The highest BCUT2D eigenvalue weighted by molar-refractivity contribution is 5.37. The maximum Gasteiger partial charge on any atom is 0.134 e. The largest absolute Gasteiger partial charge is 0.271 e. The molecule has 2 aromatic carbocycles. The normalized spacial score (nSPS) is 12.5. The number of nitrogens with two attached hydrogens (primary N) is 1. The van der Waals surface area contributed by atoms with Crippen LogP contribution in [0.4, 0.5) is 8.78 Å². The van der Waals surface area contributed by atoms with E-state index < -0.39 is 17.7 Å². The molecular weight excluding hydrogens is 246 g/mol. The van der Waals surface area contributed by atoms with Gasteiger partial charge in [0.15, 0.2) is 0 Å². The second-order valence-corrected chi connectivity index (χ2v) is 4.60. The molecule has 1 unspecified atom stereocenters. The van der Waals surface area contributed by atoms with Gasteiger partial charge >= 0.3 is 0 Å². The summed E-state index contributed by atoms with van der Waals surface area (Å²) in [6.45, 7) is 3.55. The molecule has 19 heavy (non-hydrogen) atoms. The molecule has 1 atom stereocenters. The van der Waals surface area contributed by atoms with Crippen LogP contribution in [0.15, 0.2) is 36.4 Å². The van der Waals surface area contributed by atoms with Crippen LogP contribution in [0, 0.1) is 25.5 Å². The number of benzene rings is 2. The Labute approximate surface area is 111 Å². The molecule has 0 spiro atoms. The van der Waals surface area contributed by atoms with E-state index in [-0.39, 0.29) is 5.56 Å². The third-order valence-corrected chi connectivity index (χ3v) is 3.19. The second-order valence-electron chi connectivity index (χ2n) is 4.60. The SMILES string of the molecule is Cc1ccc(C(NN)c2c(F)ccc(C)c2F)cc1. The molecule has 3 N–H and O–H groups in total. The highest BCUT2D eigenvalue weighted by Crippen LogP contribution is 2.28. The van der Waals surface area contributed by atoms with Gasteiger partial charge in [0, 0.05) is 5.56 Å². The summed E-state index contributed by atoms with van der Waals surface area (Å²) in [6, 6.07) is 9.34. The summed E-state index contributed by atoms with van der Waals surface area (Å²) in [6.07, 6.45) is 0. The molecule has 2 rings (SSSR count). The Bertz CT molecular complexity index is 579. The summed E-state index contributed by atoms with van der Waals surface area (Å²) in [5.41, 5.74) is 4.62. The summed E-state index contributed by atoms with van der Waals surface area (Å²) in [7, 11) is 0. The predicted octanol–water partition coefficient (Wildman–Crippen LogP) is 3.13. The first-order valence-corrected chi connectivity index (χ1v) is 6.01. The fourth-order valence-corrected chi connectivity index (χ4v) is 2.05. The lowest BCUT2D eigenvalue weighted by Gasteiger charge is -2.19. The summed E-state index contributed by atoms with van der Waals surface area (Å²) in [4.78, 5) is 0. The van der Waals surface area contributed by atoms with Gasteiger partial charge in [-0.2, -0.15) is 0 Å². The Balaban J connectivity index is 2.54. The third-order valence-electron chi connectivity index (χ3n) is 3.19. The molecule has 0 saturated heterocycles. The lowest BCUT2D eigenvalue weighted by Crippen LogP contribution is -2.30. The fourth-order valence-electron chi connectivity index (χ4n) is 2.05. The quantitative estimate of drug-likeness (QED) is 0.658. The van der Waals surface area contributed by atoms with E-state index in [1.807, 2.05) is 19.1 Å². The minimum absolute atomic E-state index is 0.0497. The highest BCUT2D eigenvalue weighted by Gasteiger charge is 2.22. The monoisotopic (exact) mass is 262 g/mol. The maximum absolute atomic E-state index is 14.1. The Morgan fingerprint density at radius 2 is 1.63 bits per heavy atom. The Morgan fingerprint density at radius 1 is 1.00 bits per heavy atom. The lowest BCUT2D eigenvalue weighted by atomic mass is 9.96. The lowest BCUT2D eigenvalue weighted by molar-refractivity contribution is 0.506. The number of rotatable bonds is 3. The van der Waals surface area contributed by atoms with Crippen molar-refractivity contribution in [2.45, 2.75) is 19.9 Å². The van der Waals surface area contributed by atoms with E-state index in [1.54, 1.807) is 19.1 Å². The van der Waals surface area contributed by atoms with Gasteiger partial charge in [0.1, 0.15) is 11.6 Å². The van der Waals surface area contributed by atoms with Crippen molar-refractivity contribution in [1.29, 1.82) is 0 Å². The molecule has 0 amide bonds. The van der Waals surface area contributed by atoms with Gasteiger partial charge in [-0.15, -0.1) is 0 Å². The van der Waals surface area contributed by atoms with Gasteiger partial charge in [-0.3, -0.25) is 5.84 Å². The molecule has 0 aliphatic heterocycles. The van der Waals surface area contributed by atoms with Crippen molar-refractivity contribution < 1.29 is 8.78 Å². The van der Waals surface area contributed by atoms with E-state index in [0.717, 1.165) is 11.1 Å². The molecule has 0 radical (unpaired) electrons. The van der Waals surface area contributed by atoms with Gasteiger partial charge < -0.3 is 0 Å².